The van der Waals surface area contributed by atoms with E-state index in [1.54, 1.807) is 30.3 Å². The normalized spacial score (nSPS) is 10.4. The number of hydrogen-bond acceptors (Lipinski definition) is 7. The number of nitro benzene ring substituents is 2. The van der Waals surface area contributed by atoms with Gasteiger partial charge in [0.2, 0.25) is 11.6 Å². The van der Waals surface area contributed by atoms with Gasteiger partial charge in [-0.3, -0.25) is 20.2 Å². The average molecular weight is 366 g/mol. The van der Waals surface area contributed by atoms with Gasteiger partial charge in [0, 0.05) is 35.5 Å². The lowest BCUT2D eigenvalue weighted by atomic mass is 10.2. The van der Waals surface area contributed by atoms with Crippen LogP contribution in [0.4, 0.5) is 11.4 Å². The molecule has 0 saturated heterocycles. The third-order valence-electron chi connectivity index (χ3n) is 3.73. The van der Waals surface area contributed by atoms with Gasteiger partial charge in [0.15, 0.2) is 5.82 Å². The van der Waals surface area contributed by atoms with Crippen LogP contribution >= 0.6 is 0 Å². The quantitative estimate of drug-likeness (QED) is 0.470. The summed E-state index contributed by atoms with van der Waals surface area (Å²) in [5, 5.41) is 21.9. The Kier molecular flexibility index (Phi) is 5.02. The molecule has 3 rings (SSSR count). The molecule has 0 spiro atoms. The Hall–Kier alpha value is -3.88. The van der Waals surface area contributed by atoms with E-state index in [0.717, 1.165) is 0 Å². The lowest BCUT2D eigenvalue weighted by molar-refractivity contribution is -0.385. The summed E-state index contributed by atoms with van der Waals surface area (Å²) >= 11 is 0. The van der Waals surface area contributed by atoms with Gasteiger partial charge in [-0.2, -0.15) is 4.98 Å². The molecule has 0 bridgehead atoms. The topological polar surface area (TPSA) is 121 Å². The second kappa shape index (κ2) is 7.56. The van der Waals surface area contributed by atoms with Crippen molar-refractivity contribution in [1.82, 2.24) is 9.97 Å². The summed E-state index contributed by atoms with van der Waals surface area (Å²) in [5.41, 5.74) is 1.03. The number of non-ortho nitro benzene ring substituents is 1. The van der Waals surface area contributed by atoms with Crippen LogP contribution in [0.1, 0.15) is 12.6 Å². The van der Waals surface area contributed by atoms with Gasteiger partial charge in [0.1, 0.15) is 0 Å². The van der Waals surface area contributed by atoms with Crippen LogP contribution in [0.5, 0.6) is 11.6 Å². The Morgan fingerprint density at radius 3 is 2.30 bits per heavy atom. The molecular formula is C18H14N4O5. The predicted molar refractivity (Wildman–Crippen MR) is 96.7 cm³/mol. The van der Waals surface area contributed by atoms with Crippen molar-refractivity contribution in [3.63, 3.8) is 0 Å². The van der Waals surface area contributed by atoms with Crippen molar-refractivity contribution < 1.29 is 14.6 Å². The zero-order valence-corrected chi connectivity index (χ0v) is 14.2. The van der Waals surface area contributed by atoms with Gasteiger partial charge in [-0.25, -0.2) is 4.98 Å². The Bertz CT molecular complexity index is 1000. The molecule has 136 valence electrons. The zero-order chi connectivity index (χ0) is 19.4. The van der Waals surface area contributed by atoms with Crippen LogP contribution in [0.3, 0.4) is 0 Å². The van der Waals surface area contributed by atoms with E-state index in [2.05, 4.69) is 9.97 Å². The third kappa shape index (κ3) is 4.03. The van der Waals surface area contributed by atoms with Gasteiger partial charge in [-0.1, -0.05) is 19.1 Å². The van der Waals surface area contributed by atoms with E-state index in [9.17, 15) is 20.2 Å². The summed E-state index contributed by atoms with van der Waals surface area (Å²) in [6, 6.07) is 13.4. The van der Waals surface area contributed by atoms with Gasteiger partial charge >= 0.3 is 5.69 Å². The molecule has 2 aromatic carbocycles. The molecule has 0 fully saturated rings. The second-order valence-corrected chi connectivity index (χ2v) is 5.51. The van der Waals surface area contributed by atoms with Gasteiger partial charge in [-0.15, -0.1) is 0 Å². The molecule has 1 aromatic heterocycles. The maximum Gasteiger partial charge on any atom is 0.311 e. The largest absolute Gasteiger partial charge is 0.432 e. The maximum absolute atomic E-state index is 11.1. The number of ether oxygens (including phenoxy) is 1. The molecule has 1 heterocycles. The van der Waals surface area contributed by atoms with Crippen molar-refractivity contribution >= 4 is 11.4 Å². The van der Waals surface area contributed by atoms with Crippen molar-refractivity contribution in [2.75, 3.05) is 0 Å². The first-order valence-corrected chi connectivity index (χ1v) is 8.02. The minimum absolute atomic E-state index is 0.0400. The fourth-order valence-corrected chi connectivity index (χ4v) is 2.37. The van der Waals surface area contributed by atoms with E-state index in [0.29, 0.717) is 23.5 Å². The van der Waals surface area contributed by atoms with Crippen LogP contribution in [0.25, 0.3) is 11.4 Å². The molecule has 0 unspecified atom stereocenters. The van der Waals surface area contributed by atoms with Crippen molar-refractivity contribution in [1.29, 1.82) is 0 Å². The number of hydrogen-bond donors (Lipinski definition) is 0. The smallest absolute Gasteiger partial charge is 0.311 e. The minimum Gasteiger partial charge on any atom is -0.432 e. The summed E-state index contributed by atoms with van der Waals surface area (Å²) in [7, 11) is 0. The first-order valence-electron chi connectivity index (χ1n) is 8.02. The van der Waals surface area contributed by atoms with Crippen LogP contribution in [-0.4, -0.2) is 19.8 Å². The average Bonchev–Trinajstić information content (AvgIpc) is 2.68. The Morgan fingerprint density at radius 2 is 1.67 bits per heavy atom. The standard InChI is InChI=1S/C18H14N4O5/c1-2-13-11-17(27-16-6-4-3-5-15(16)22(25)26)20-18(19-13)12-7-9-14(10-8-12)21(23)24/h3-11H,2H2,1H3. The number of para-hydroxylation sites is 2. The molecule has 9 nitrogen and oxygen atoms in total. The highest BCUT2D eigenvalue weighted by atomic mass is 16.6. The van der Waals surface area contributed by atoms with Crippen LogP contribution in [-0.2, 0) is 6.42 Å². The van der Waals surface area contributed by atoms with E-state index in [-0.39, 0.29) is 23.0 Å². The van der Waals surface area contributed by atoms with Gasteiger partial charge in [0.25, 0.3) is 5.69 Å². The number of nitrogens with zero attached hydrogens (tertiary/aromatic N) is 4. The summed E-state index contributed by atoms with van der Waals surface area (Å²) in [4.78, 5) is 29.6. The first kappa shape index (κ1) is 17.9. The highest BCUT2D eigenvalue weighted by Gasteiger charge is 2.16. The molecule has 3 aromatic rings. The van der Waals surface area contributed by atoms with Crippen LogP contribution in [0, 0.1) is 20.2 Å². The Morgan fingerprint density at radius 1 is 0.963 bits per heavy atom. The van der Waals surface area contributed by atoms with Crippen LogP contribution in [0.2, 0.25) is 0 Å². The zero-order valence-electron chi connectivity index (χ0n) is 14.2. The van der Waals surface area contributed by atoms with Gasteiger partial charge < -0.3 is 4.74 Å². The molecule has 0 N–H and O–H groups in total. The number of rotatable bonds is 6. The molecule has 0 saturated carbocycles. The van der Waals surface area contributed by atoms with E-state index >= 15 is 0 Å². The maximum atomic E-state index is 11.1. The van der Waals surface area contributed by atoms with E-state index < -0.39 is 9.85 Å². The van der Waals surface area contributed by atoms with Crippen molar-refractivity contribution in [3.05, 3.63) is 80.5 Å². The Balaban J connectivity index is 1.99. The van der Waals surface area contributed by atoms with Gasteiger partial charge in [0.05, 0.1) is 9.85 Å². The molecule has 27 heavy (non-hydrogen) atoms. The van der Waals surface area contributed by atoms with Gasteiger partial charge in [-0.05, 0) is 24.6 Å². The number of nitro groups is 2. The van der Waals surface area contributed by atoms with Crippen LogP contribution in [0.15, 0.2) is 54.6 Å². The molecule has 0 atom stereocenters. The van der Waals surface area contributed by atoms with Crippen molar-refractivity contribution in [2.45, 2.75) is 13.3 Å². The fraction of sp³-hybridized carbons (Fsp3) is 0.111. The summed E-state index contributed by atoms with van der Waals surface area (Å²) in [5.74, 6) is 0.542. The molecule has 0 aliphatic carbocycles. The van der Waals surface area contributed by atoms with E-state index in [1.165, 1.54) is 24.3 Å². The fourth-order valence-electron chi connectivity index (χ4n) is 2.37. The molecule has 9 heteroatoms. The van der Waals surface area contributed by atoms with Crippen molar-refractivity contribution in [2.24, 2.45) is 0 Å². The highest BCUT2D eigenvalue weighted by Crippen LogP contribution is 2.31. The Labute approximate surface area is 153 Å². The molecule has 0 aliphatic heterocycles. The molecule has 0 radical (unpaired) electrons. The van der Waals surface area contributed by atoms with E-state index in [1.807, 2.05) is 6.92 Å². The third-order valence-corrected chi connectivity index (χ3v) is 3.73. The summed E-state index contributed by atoms with van der Waals surface area (Å²) < 4.78 is 5.64. The first-order chi connectivity index (χ1) is 13.0. The number of aromatic nitrogens is 2. The second-order valence-electron chi connectivity index (χ2n) is 5.51. The predicted octanol–water partition coefficient (Wildman–Crippen LogP) is 4.31. The summed E-state index contributed by atoms with van der Waals surface area (Å²) in [6.07, 6.45) is 0.593. The minimum atomic E-state index is -0.533. The SMILES string of the molecule is CCc1cc(Oc2ccccc2[N+](=O)[O-])nc(-c2ccc([N+](=O)[O-])cc2)n1. The summed E-state index contributed by atoms with van der Waals surface area (Å²) in [6.45, 7) is 1.90. The molecular weight excluding hydrogens is 352 g/mol. The molecule has 0 amide bonds. The van der Waals surface area contributed by atoms with E-state index in [4.69, 9.17) is 4.74 Å². The monoisotopic (exact) mass is 366 g/mol. The number of aryl methyl sites for hydroxylation is 1. The lowest BCUT2D eigenvalue weighted by Crippen LogP contribution is -1.99. The van der Waals surface area contributed by atoms with Crippen LogP contribution < -0.4 is 4.74 Å². The number of benzene rings is 2. The molecule has 0 aliphatic rings. The highest BCUT2D eigenvalue weighted by molar-refractivity contribution is 5.58. The lowest BCUT2D eigenvalue weighted by Gasteiger charge is -2.09. The van der Waals surface area contributed by atoms with Crippen molar-refractivity contribution in [3.8, 4) is 23.0 Å².